The molecule has 0 fully saturated rings. The summed E-state index contributed by atoms with van der Waals surface area (Å²) in [7, 11) is 3.02. The Labute approximate surface area is 187 Å². The summed E-state index contributed by atoms with van der Waals surface area (Å²) in [6.07, 6.45) is 1.50. The lowest BCUT2D eigenvalue weighted by atomic mass is 10.2. The van der Waals surface area contributed by atoms with E-state index in [1.54, 1.807) is 54.6 Å². The van der Waals surface area contributed by atoms with Crippen LogP contribution < -0.4 is 19.6 Å². The normalized spacial score (nSPS) is 10.7. The minimum absolute atomic E-state index is 0.110. The van der Waals surface area contributed by atoms with Gasteiger partial charge in [0.15, 0.2) is 0 Å². The quantitative estimate of drug-likeness (QED) is 0.361. The third-order valence-corrected chi connectivity index (χ3v) is 4.91. The average Bonchev–Trinajstić information content (AvgIpc) is 2.79. The SMILES string of the molecule is COc1cc(OC)cc(C(=O)NN=Cc2ccc(OCc3ccccc3F)c(Br)c2)c1. The molecular formula is C23H20BrFN2O4. The molecule has 0 radical (unpaired) electrons. The number of methoxy groups -OCH3 is 2. The molecule has 3 aromatic rings. The van der Waals surface area contributed by atoms with E-state index in [1.165, 1.54) is 26.5 Å². The molecule has 0 spiro atoms. The molecule has 6 nitrogen and oxygen atoms in total. The zero-order valence-electron chi connectivity index (χ0n) is 16.9. The van der Waals surface area contributed by atoms with Crippen molar-refractivity contribution in [3.05, 3.63) is 87.6 Å². The van der Waals surface area contributed by atoms with Crippen molar-refractivity contribution in [1.29, 1.82) is 0 Å². The molecule has 0 aliphatic heterocycles. The van der Waals surface area contributed by atoms with Crippen molar-refractivity contribution >= 4 is 28.1 Å². The molecule has 0 unspecified atom stereocenters. The van der Waals surface area contributed by atoms with Gasteiger partial charge in [0.1, 0.15) is 29.7 Å². The van der Waals surface area contributed by atoms with Crippen LogP contribution in [0.1, 0.15) is 21.5 Å². The molecule has 0 saturated carbocycles. The van der Waals surface area contributed by atoms with Gasteiger partial charge in [-0.15, -0.1) is 0 Å². The fourth-order valence-corrected chi connectivity index (χ4v) is 3.16. The number of nitrogens with one attached hydrogen (secondary N) is 1. The van der Waals surface area contributed by atoms with Crippen molar-refractivity contribution < 1.29 is 23.4 Å². The van der Waals surface area contributed by atoms with Gasteiger partial charge < -0.3 is 14.2 Å². The molecule has 3 rings (SSSR count). The molecule has 31 heavy (non-hydrogen) atoms. The number of hydrazone groups is 1. The zero-order chi connectivity index (χ0) is 22.2. The highest BCUT2D eigenvalue weighted by molar-refractivity contribution is 9.10. The predicted octanol–water partition coefficient (Wildman–Crippen LogP) is 4.95. The van der Waals surface area contributed by atoms with E-state index in [0.29, 0.717) is 32.8 Å². The minimum atomic E-state index is -0.405. The second-order valence-corrected chi connectivity index (χ2v) is 7.22. The van der Waals surface area contributed by atoms with Crippen LogP contribution in [0.4, 0.5) is 4.39 Å². The Bertz CT molecular complexity index is 1080. The summed E-state index contributed by atoms with van der Waals surface area (Å²) in [5.41, 5.74) is 4.02. The lowest BCUT2D eigenvalue weighted by molar-refractivity contribution is 0.0954. The van der Waals surface area contributed by atoms with Gasteiger partial charge in [-0.25, -0.2) is 9.82 Å². The Morgan fingerprint density at radius 1 is 1.06 bits per heavy atom. The fraction of sp³-hybridized carbons (Fsp3) is 0.130. The van der Waals surface area contributed by atoms with Crippen LogP contribution >= 0.6 is 15.9 Å². The highest BCUT2D eigenvalue weighted by atomic mass is 79.9. The van der Waals surface area contributed by atoms with Crippen LogP contribution in [0.3, 0.4) is 0 Å². The number of hydrogen-bond donors (Lipinski definition) is 1. The van der Waals surface area contributed by atoms with Gasteiger partial charge >= 0.3 is 0 Å². The van der Waals surface area contributed by atoms with Crippen LogP contribution in [0, 0.1) is 5.82 Å². The maximum atomic E-state index is 13.7. The van der Waals surface area contributed by atoms with E-state index >= 15 is 0 Å². The van der Waals surface area contributed by atoms with Crippen LogP contribution in [0.2, 0.25) is 0 Å². The van der Waals surface area contributed by atoms with Crippen LogP contribution in [-0.4, -0.2) is 26.3 Å². The van der Waals surface area contributed by atoms with Gasteiger partial charge in [-0.05, 0) is 57.9 Å². The number of amides is 1. The highest BCUT2D eigenvalue weighted by Gasteiger charge is 2.09. The van der Waals surface area contributed by atoms with Crippen molar-refractivity contribution in [1.82, 2.24) is 5.43 Å². The van der Waals surface area contributed by atoms with E-state index < -0.39 is 5.91 Å². The second kappa shape index (κ2) is 10.6. The Balaban J connectivity index is 1.62. The molecule has 3 aromatic carbocycles. The van der Waals surface area contributed by atoms with Crippen LogP contribution in [0.15, 0.2) is 70.2 Å². The van der Waals surface area contributed by atoms with E-state index in [-0.39, 0.29) is 12.4 Å². The molecular weight excluding hydrogens is 467 g/mol. The Morgan fingerprint density at radius 3 is 2.42 bits per heavy atom. The van der Waals surface area contributed by atoms with Crippen LogP contribution in [-0.2, 0) is 6.61 Å². The van der Waals surface area contributed by atoms with Crippen molar-refractivity contribution in [2.75, 3.05) is 14.2 Å². The first kappa shape index (κ1) is 22.3. The third-order valence-electron chi connectivity index (χ3n) is 4.29. The Hall–Kier alpha value is -3.39. The monoisotopic (exact) mass is 486 g/mol. The van der Waals surface area contributed by atoms with Gasteiger partial charge in [0, 0.05) is 17.2 Å². The largest absolute Gasteiger partial charge is 0.497 e. The van der Waals surface area contributed by atoms with E-state index in [1.807, 2.05) is 0 Å². The van der Waals surface area contributed by atoms with Gasteiger partial charge in [0.2, 0.25) is 0 Å². The maximum absolute atomic E-state index is 13.7. The van der Waals surface area contributed by atoms with Gasteiger partial charge in [0.05, 0.1) is 24.9 Å². The lowest BCUT2D eigenvalue weighted by Crippen LogP contribution is -2.17. The third kappa shape index (κ3) is 6.05. The van der Waals surface area contributed by atoms with E-state index in [2.05, 4.69) is 26.5 Å². The first-order chi connectivity index (χ1) is 15.0. The number of carbonyl (C=O) groups is 1. The first-order valence-electron chi connectivity index (χ1n) is 9.22. The molecule has 160 valence electrons. The molecule has 1 amide bonds. The smallest absolute Gasteiger partial charge is 0.271 e. The maximum Gasteiger partial charge on any atom is 0.271 e. The second-order valence-electron chi connectivity index (χ2n) is 6.37. The van der Waals surface area contributed by atoms with Crippen molar-refractivity contribution in [3.63, 3.8) is 0 Å². The molecule has 1 N–H and O–H groups in total. The van der Waals surface area contributed by atoms with Crippen molar-refractivity contribution in [2.24, 2.45) is 5.10 Å². The number of hydrogen-bond acceptors (Lipinski definition) is 5. The standard InChI is InChI=1S/C23H20BrFN2O4/c1-29-18-10-17(11-19(12-18)30-2)23(28)27-26-13-15-7-8-22(20(24)9-15)31-14-16-5-3-4-6-21(16)25/h3-13H,14H2,1-2H3,(H,27,28). The number of halogens is 2. The molecule has 0 saturated heterocycles. The summed E-state index contributed by atoms with van der Waals surface area (Å²) in [5.74, 6) is 0.851. The van der Waals surface area contributed by atoms with Gasteiger partial charge in [-0.2, -0.15) is 5.10 Å². The molecule has 0 aliphatic rings. The molecule has 0 aliphatic carbocycles. The van der Waals surface area contributed by atoms with Crippen LogP contribution in [0.5, 0.6) is 17.2 Å². The van der Waals surface area contributed by atoms with E-state index in [0.717, 1.165) is 5.56 Å². The number of benzene rings is 3. The topological polar surface area (TPSA) is 69.2 Å². The van der Waals surface area contributed by atoms with Gasteiger partial charge in [0.25, 0.3) is 5.91 Å². The van der Waals surface area contributed by atoms with Crippen LogP contribution in [0.25, 0.3) is 0 Å². The van der Waals surface area contributed by atoms with E-state index in [9.17, 15) is 9.18 Å². The molecule has 8 heteroatoms. The average molecular weight is 487 g/mol. The van der Waals surface area contributed by atoms with Crippen molar-refractivity contribution in [2.45, 2.75) is 6.61 Å². The Morgan fingerprint density at radius 2 is 1.77 bits per heavy atom. The number of carbonyl (C=O) groups excluding carboxylic acids is 1. The molecule has 0 heterocycles. The summed E-state index contributed by atoms with van der Waals surface area (Å²) in [6.45, 7) is 0.110. The first-order valence-corrected chi connectivity index (χ1v) is 10.0. The zero-order valence-corrected chi connectivity index (χ0v) is 18.5. The van der Waals surface area contributed by atoms with Gasteiger partial charge in [-0.3, -0.25) is 4.79 Å². The summed E-state index contributed by atoms with van der Waals surface area (Å²) < 4.78 is 30.4. The number of ether oxygens (including phenoxy) is 3. The minimum Gasteiger partial charge on any atom is -0.497 e. The highest BCUT2D eigenvalue weighted by Crippen LogP contribution is 2.27. The fourth-order valence-electron chi connectivity index (χ4n) is 2.65. The molecule has 0 aromatic heterocycles. The number of nitrogens with zero attached hydrogens (tertiary/aromatic N) is 1. The summed E-state index contributed by atoms with van der Waals surface area (Å²) in [5, 5.41) is 3.99. The molecule has 0 bridgehead atoms. The summed E-state index contributed by atoms with van der Waals surface area (Å²) in [4.78, 5) is 12.3. The lowest BCUT2D eigenvalue weighted by Gasteiger charge is -2.09. The number of rotatable bonds is 8. The van der Waals surface area contributed by atoms with Crippen molar-refractivity contribution in [3.8, 4) is 17.2 Å². The predicted molar refractivity (Wildman–Crippen MR) is 119 cm³/mol. The summed E-state index contributed by atoms with van der Waals surface area (Å²) >= 11 is 3.43. The summed E-state index contributed by atoms with van der Waals surface area (Å²) in [6, 6.07) is 16.6. The van der Waals surface area contributed by atoms with Gasteiger partial charge in [-0.1, -0.05) is 18.2 Å². The van der Waals surface area contributed by atoms with E-state index in [4.69, 9.17) is 14.2 Å². The Kier molecular flexibility index (Phi) is 7.61. The molecule has 0 atom stereocenters.